The molecule has 5 aromatic rings. The molecule has 0 atom stereocenters. The Hall–Kier alpha value is -4.14. The lowest BCUT2D eigenvalue weighted by Gasteiger charge is -2.14. The van der Waals surface area contributed by atoms with Gasteiger partial charge in [0.05, 0.1) is 0 Å². The molecule has 0 aliphatic heterocycles. The van der Waals surface area contributed by atoms with Gasteiger partial charge in [0.2, 0.25) is 5.95 Å². The van der Waals surface area contributed by atoms with Crippen LogP contribution >= 0.6 is 0 Å². The summed E-state index contributed by atoms with van der Waals surface area (Å²) < 4.78 is 43.3. The van der Waals surface area contributed by atoms with Gasteiger partial charge in [0.25, 0.3) is 0 Å². The van der Waals surface area contributed by atoms with Crippen molar-refractivity contribution in [1.82, 2.24) is 23.9 Å². The van der Waals surface area contributed by atoms with Gasteiger partial charge in [-0.1, -0.05) is 62.4 Å². The molecule has 0 unspecified atom stereocenters. The molecule has 0 bridgehead atoms. The summed E-state index contributed by atoms with van der Waals surface area (Å²) in [7, 11) is 0. The van der Waals surface area contributed by atoms with Gasteiger partial charge < -0.3 is 9.88 Å². The Labute approximate surface area is 219 Å². The van der Waals surface area contributed by atoms with Crippen molar-refractivity contribution in [3.05, 3.63) is 89.9 Å². The Bertz CT molecular complexity index is 1560. The van der Waals surface area contributed by atoms with E-state index in [1.54, 1.807) is 16.7 Å². The number of halogens is 3. The number of nitrogens with one attached hydrogen (secondary N) is 1. The van der Waals surface area contributed by atoms with Crippen molar-refractivity contribution in [3.8, 4) is 22.8 Å². The number of aromatic nitrogens is 5. The van der Waals surface area contributed by atoms with Crippen molar-refractivity contribution in [2.24, 2.45) is 0 Å². The van der Waals surface area contributed by atoms with Gasteiger partial charge in [-0.3, -0.25) is 4.40 Å². The Morgan fingerprint density at radius 1 is 0.868 bits per heavy atom. The van der Waals surface area contributed by atoms with Crippen LogP contribution in [0.25, 0.3) is 28.4 Å². The Balaban J connectivity index is 1.41. The summed E-state index contributed by atoms with van der Waals surface area (Å²) in [5.41, 5.74) is 3.65. The molecule has 0 saturated heterocycles. The molecule has 9 heteroatoms. The zero-order valence-electron chi connectivity index (χ0n) is 21.7. The van der Waals surface area contributed by atoms with Crippen molar-refractivity contribution >= 4 is 11.6 Å². The number of anilines is 1. The lowest BCUT2D eigenvalue weighted by molar-refractivity contribution is -0.140. The maximum absolute atomic E-state index is 13.3. The average Bonchev–Trinajstić information content (AvgIpc) is 3.55. The van der Waals surface area contributed by atoms with E-state index < -0.39 is 11.9 Å². The van der Waals surface area contributed by atoms with Crippen LogP contribution < -0.4 is 5.32 Å². The second kappa shape index (κ2) is 9.96. The minimum Gasteiger partial charge on any atom is -0.351 e. The molecule has 38 heavy (non-hydrogen) atoms. The number of nitrogens with zero attached hydrogens (tertiary/aromatic N) is 5. The van der Waals surface area contributed by atoms with Gasteiger partial charge in [-0.25, -0.2) is 9.97 Å². The molecule has 1 N–H and O–H groups in total. The van der Waals surface area contributed by atoms with Crippen molar-refractivity contribution in [2.75, 3.05) is 5.32 Å². The van der Waals surface area contributed by atoms with Gasteiger partial charge in [0.1, 0.15) is 11.5 Å². The van der Waals surface area contributed by atoms with E-state index in [4.69, 9.17) is 9.97 Å². The van der Waals surface area contributed by atoms with Crippen molar-refractivity contribution in [1.29, 1.82) is 0 Å². The third-order valence-corrected chi connectivity index (χ3v) is 6.45. The van der Waals surface area contributed by atoms with Crippen LogP contribution in [0.2, 0.25) is 0 Å². The summed E-state index contributed by atoms with van der Waals surface area (Å²) in [6.07, 6.45) is -1.51. The first-order valence-electron chi connectivity index (χ1n) is 12.6. The zero-order valence-corrected chi connectivity index (χ0v) is 21.7. The number of benzene rings is 2. The highest BCUT2D eigenvalue weighted by Gasteiger charge is 2.35. The van der Waals surface area contributed by atoms with E-state index in [1.807, 2.05) is 66.9 Å². The highest BCUT2D eigenvalue weighted by Crippen LogP contribution is 2.33. The molecular formula is C29H29F3N6. The van der Waals surface area contributed by atoms with Gasteiger partial charge >= 0.3 is 6.18 Å². The summed E-state index contributed by atoms with van der Waals surface area (Å²) in [5, 5.41) is 3.40. The topological polar surface area (TPSA) is 60.0 Å². The number of hydrogen-bond acceptors (Lipinski definition) is 4. The molecule has 3 heterocycles. The van der Waals surface area contributed by atoms with E-state index in [0.29, 0.717) is 35.6 Å². The first kappa shape index (κ1) is 25.5. The van der Waals surface area contributed by atoms with E-state index in [0.717, 1.165) is 23.0 Å². The molecule has 6 nitrogen and oxygen atoms in total. The van der Waals surface area contributed by atoms with E-state index >= 15 is 0 Å². The number of imidazole rings is 1. The molecule has 0 aliphatic rings. The second-order valence-electron chi connectivity index (χ2n) is 9.85. The quantitative estimate of drug-likeness (QED) is 0.241. The highest BCUT2D eigenvalue weighted by atomic mass is 19.4. The second-order valence-corrected chi connectivity index (χ2v) is 9.85. The molecule has 3 aromatic heterocycles. The van der Waals surface area contributed by atoms with Gasteiger partial charge in [-0.15, -0.1) is 0 Å². The monoisotopic (exact) mass is 518 g/mol. The van der Waals surface area contributed by atoms with Gasteiger partial charge in [-0.2, -0.15) is 18.2 Å². The molecular weight excluding hydrogens is 489 g/mol. The molecule has 2 aromatic carbocycles. The number of alkyl halides is 3. The smallest absolute Gasteiger partial charge is 0.351 e. The van der Waals surface area contributed by atoms with Crippen LogP contribution in [0.15, 0.2) is 73.1 Å². The summed E-state index contributed by atoms with van der Waals surface area (Å²) in [6.45, 7) is 8.44. The Morgan fingerprint density at radius 3 is 2.29 bits per heavy atom. The molecule has 0 aliphatic carbocycles. The average molecular weight is 519 g/mol. The molecule has 0 spiro atoms. The standard InChI is InChI=1S/C29H29F3N6/c1-18(2)22-8-5-6-9-23(22)26-35-25-10-7-15-37(25)28(36-26)33-16-20-11-13-21(14-12-20)27-34-24(29(30,31)32)17-38(27)19(3)4/h5-15,17-19H,16H2,1-4H3,(H,33,35,36). The maximum Gasteiger partial charge on any atom is 0.434 e. The van der Waals surface area contributed by atoms with Crippen LogP contribution in [0.3, 0.4) is 0 Å². The molecule has 0 fully saturated rings. The fraction of sp³-hybridized carbons (Fsp3) is 0.276. The van der Waals surface area contributed by atoms with E-state index in [1.165, 1.54) is 5.56 Å². The minimum absolute atomic E-state index is 0.160. The molecule has 0 saturated carbocycles. The predicted octanol–water partition coefficient (Wildman–Crippen LogP) is 7.60. The van der Waals surface area contributed by atoms with Crippen LogP contribution in [-0.4, -0.2) is 23.9 Å². The molecule has 0 radical (unpaired) electrons. The third kappa shape index (κ3) is 5.01. The van der Waals surface area contributed by atoms with E-state index in [9.17, 15) is 13.2 Å². The number of rotatable bonds is 7. The van der Waals surface area contributed by atoms with Crippen LogP contribution in [0.1, 0.15) is 56.5 Å². The first-order chi connectivity index (χ1) is 18.1. The lowest BCUT2D eigenvalue weighted by atomic mass is 9.97. The molecule has 196 valence electrons. The van der Waals surface area contributed by atoms with Crippen molar-refractivity contribution in [2.45, 2.75) is 52.4 Å². The maximum atomic E-state index is 13.3. The molecule has 0 amide bonds. The minimum atomic E-state index is -4.49. The summed E-state index contributed by atoms with van der Waals surface area (Å²) in [5.74, 6) is 1.93. The van der Waals surface area contributed by atoms with Gasteiger partial charge in [0, 0.05) is 36.1 Å². The number of hydrogen-bond donors (Lipinski definition) is 1. The Morgan fingerprint density at radius 2 is 1.61 bits per heavy atom. The fourth-order valence-corrected chi connectivity index (χ4v) is 4.47. The summed E-state index contributed by atoms with van der Waals surface area (Å²) in [6, 6.07) is 19.2. The van der Waals surface area contributed by atoms with Gasteiger partial charge in [-0.05, 0) is 43.0 Å². The third-order valence-electron chi connectivity index (χ3n) is 6.45. The normalized spacial score (nSPS) is 12.1. The lowest BCUT2D eigenvalue weighted by Crippen LogP contribution is -2.09. The molecule has 5 rings (SSSR count). The van der Waals surface area contributed by atoms with Crippen molar-refractivity contribution in [3.63, 3.8) is 0 Å². The van der Waals surface area contributed by atoms with Crippen molar-refractivity contribution < 1.29 is 13.2 Å². The van der Waals surface area contributed by atoms with Gasteiger partial charge in [0.15, 0.2) is 11.5 Å². The summed E-state index contributed by atoms with van der Waals surface area (Å²) >= 11 is 0. The van der Waals surface area contributed by atoms with Crippen LogP contribution in [0, 0.1) is 0 Å². The summed E-state index contributed by atoms with van der Waals surface area (Å²) in [4.78, 5) is 13.5. The van der Waals surface area contributed by atoms with E-state index in [-0.39, 0.29) is 6.04 Å². The van der Waals surface area contributed by atoms with Crippen LogP contribution in [0.5, 0.6) is 0 Å². The zero-order chi connectivity index (χ0) is 27.0. The predicted molar refractivity (Wildman–Crippen MR) is 143 cm³/mol. The van der Waals surface area contributed by atoms with E-state index in [2.05, 4.69) is 30.2 Å². The largest absolute Gasteiger partial charge is 0.434 e. The first-order valence-corrected chi connectivity index (χ1v) is 12.6. The highest BCUT2D eigenvalue weighted by molar-refractivity contribution is 5.65. The Kier molecular flexibility index (Phi) is 6.69. The fourth-order valence-electron chi connectivity index (χ4n) is 4.47. The number of fused-ring (bicyclic) bond motifs is 1. The van der Waals surface area contributed by atoms with Crippen LogP contribution in [0.4, 0.5) is 19.1 Å². The SMILES string of the molecule is CC(C)c1ccccc1-c1nc(NCc2ccc(-c3nc(C(F)(F)F)cn3C(C)C)cc2)n2cccc2n1. The van der Waals surface area contributed by atoms with Crippen LogP contribution in [-0.2, 0) is 12.7 Å².